The molecule has 0 unspecified atom stereocenters. The Morgan fingerprint density at radius 2 is 1.94 bits per heavy atom. The number of benzene rings is 1. The number of aryl methyl sites for hydroxylation is 1. The number of anilines is 2. The van der Waals surface area contributed by atoms with Crippen LogP contribution >= 0.6 is 0 Å². The number of hydrogen-bond acceptors (Lipinski definition) is 4. The summed E-state index contributed by atoms with van der Waals surface area (Å²) >= 11 is 0. The van der Waals surface area contributed by atoms with Gasteiger partial charge in [-0.1, -0.05) is 6.07 Å². The molecule has 0 saturated carbocycles. The van der Waals surface area contributed by atoms with Crippen molar-refractivity contribution in [3.05, 3.63) is 35.8 Å². The van der Waals surface area contributed by atoms with Gasteiger partial charge in [0.1, 0.15) is 11.6 Å². The molecule has 16 heavy (non-hydrogen) atoms. The SMILES string of the molecule is Cc1cc(F)ccc1-c1cnc(N)nc1N. The number of halogens is 1. The standard InChI is InChI=1S/C11H11FN4/c1-6-4-7(12)2-3-8(6)9-5-15-11(14)16-10(9)13/h2-5H,1H3,(H4,13,14,15,16). The van der Waals surface area contributed by atoms with Crippen LogP contribution in [0.3, 0.4) is 0 Å². The lowest BCUT2D eigenvalue weighted by atomic mass is 10.0. The van der Waals surface area contributed by atoms with E-state index in [1.165, 1.54) is 18.3 Å². The first kappa shape index (κ1) is 10.4. The van der Waals surface area contributed by atoms with Gasteiger partial charge in [-0.25, -0.2) is 9.37 Å². The van der Waals surface area contributed by atoms with E-state index in [2.05, 4.69) is 9.97 Å². The number of aromatic nitrogens is 2. The summed E-state index contributed by atoms with van der Waals surface area (Å²) in [6.07, 6.45) is 1.54. The predicted molar refractivity (Wildman–Crippen MR) is 61.0 cm³/mol. The van der Waals surface area contributed by atoms with E-state index in [4.69, 9.17) is 11.5 Å². The number of nitrogen functional groups attached to an aromatic ring is 2. The average Bonchev–Trinajstić information content (AvgIpc) is 2.19. The van der Waals surface area contributed by atoms with Crippen LogP contribution in [-0.2, 0) is 0 Å². The fourth-order valence-corrected chi connectivity index (χ4v) is 1.55. The maximum absolute atomic E-state index is 12.9. The fraction of sp³-hybridized carbons (Fsp3) is 0.0909. The van der Waals surface area contributed by atoms with Gasteiger partial charge in [0.2, 0.25) is 5.95 Å². The lowest BCUT2D eigenvalue weighted by molar-refractivity contribution is 0.627. The molecule has 2 aromatic rings. The number of nitrogens with zero attached hydrogens (tertiary/aromatic N) is 2. The molecule has 0 fully saturated rings. The molecule has 0 aliphatic heterocycles. The largest absolute Gasteiger partial charge is 0.383 e. The second kappa shape index (κ2) is 3.77. The molecule has 0 aliphatic carbocycles. The first-order valence-corrected chi connectivity index (χ1v) is 4.72. The summed E-state index contributed by atoms with van der Waals surface area (Å²) in [5, 5.41) is 0. The maximum Gasteiger partial charge on any atom is 0.221 e. The fourth-order valence-electron chi connectivity index (χ4n) is 1.55. The van der Waals surface area contributed by atoms with Crippen LogP contribution in [0.15, 0.2) is 24.4 Å². The highest BCUT2D eigenvalue weighted by atomic mass is 19.1. The molecule has 1 aromatic heterocycles. The second-order valence-corrected chi connectivity index (χ2v) is 3.49. The van der Waals surface area contributed by atoms with Gasteiger partial charge in [0, 0.05) is 11.8 Å². The molecule has 82 valence electrons. The summed E-state index contributed by atoms with van der Waals surface area (Å²) < 4.78 is 12.9. The number of nitrogens with two attached hydrogens (primary N) is 2. The minimum absolute atomic E-state index is 0.126. The van der Waals surface area contributed by atoms with Crippen molar-refractivity contribution in [2.24, 2.45) is 0 Å². The Bertz CT molecular complexity index is 490. The molecule has 0 aliphatic rings. The van der Waals surface area contributed by atoms with Gasteiger partial charge in [-0.15, -0.1) is 0 Å². The zero-order valence-electron chi connectivity index (χ0n) is 8.74. The first-order chi connectivity index (χ1) is 7.58. The molecule has 0 radical (unpaired) electrons. The van der Waals surface area contributed by atoms with E-state index in [1.807, 2.05) is 0 Å². The van der Waals surface area contributed by atoms with Crippen molar-refractivity contribution in [1.82, 2.24) is 9.97 Å². The molecule has 2 rings (SSSR count). The van der Waals surface area contributed by atoms with E-state index in [9.17, 15) is 4.39 Å². The zero-order chi connectivity index (χ0) is 11.7. The monoisotopic (exact) mass is 218 g/mol. The Morgan fingerprint density at radius 1 is 1.19 bits per heavy atom. The van der Waals surface area contributed by atoms with Gasteiger partial charge in [0.05, 0.1) is 0 Å². The van der Waals surface area contributed by atoms with Crippen molar-refractivity contribution in [3.8, 4) is 11.1 Å². The van der Waals surface area contributed by atoms with E-state index in [0.717, 1.165) is 11.1 Å². The number of hydrogen-bond donors (Lipinski definition) is 2. The van der Waals surface area contributed by atoms with Crippen molar-refractivity contribution in [2.45, 2.75) is 6.92 Å². The minimum Gasteiger partial charge on any atom is -0.383 e. The van der Waals surface area contributed by atoms with Crippen molar-refractivity contribution < 1.29 is 4.39 Å². The molecule has 1 heterocycles. The smallest absolute Gasteiger partial charge is 0.221 e. The van der Waals surface area contributed by atoms with Crippen LogP contribution in [0.1, 0.15) is 5.56 Å². The van der Waals surface area contributed by atoms with Crippen LogP contribution in [0.5, 0.6) is 0 Å². The zero-order valence-corrected chi connectivity index (χ0v) is 8.74. The first-order valence-electron chi connectivity index (χ1n) is 4.72. The normalized spacial score (nSPS) is 10.4. The Morgan fingerprint density at radius 3 is 2.56 bits per heavy atom. The van der Waals surface area contributed by atoms with Gasteiger partial charge in [0.25, 0.3) is 0 Å². The van der Waals surface area contributed by atoms with Crippen LogP contribution in [-0.4, -0.2) is 9.97 Å². The summed E-state index contributed by atoms with van der Waals surface area (Å²) in [5.41, 5.74) is 13.4. The highest BCUT2D eigenvalue weighted by Gasteiger charge is 2.08. The molecule has 0 spiro atoms. The minimum atomic E-state index is -0.281. The Labute approximate surface area is 92.1 Å². The second-order valence-electron chi connectivity index (χ2n) is 3.49. The summed E-state index contributed by atoms with van der Waals surface area (Å²) in [6.45, 7) is 1.80. The van der Waals surface area contributed by atoms with E-state index >= 15 is 0 Å². The van der Waals surface area contributed by atoms with Crippen molar-refractivity contribution >= 4 is 11.8 Å². The van der Waals surface area contributed by atoms with Crippen molar-refractivity contribution in [1.29, 1.82) is 0 Å². The Hall–Kier alpha value is -2.17. The number of rotatable bonds is 1. The summed E-state index contributed by atoms with van der Waals surface area (Å²) in [7, 11) is 0. The van der Waals surface area contributed by atoms with Crippen LogP contribution in [0.4, 0.5) is 16.2 Å². The molecule has 4 nitrogen and oxygen atoms in total. The Balaban J connectivity index is 2.59. The molecule has 1 aromatic carbocycles. The molecule has 5 heteroatoms. The lowest BCUT2D eigenvalue weighted by Gasteiger charge is -2.08. The third kappa shape index (κ3) is 1.79. The van der Waals surface area contributed by atoms with Crippen LogP contribution in [0.2, 0.25) is 0 Å². The van der Waals surface area contributed by atoms with Gasteiger partial charge < -0.3 is 11.5 Å². The van der Waals surface area contributed by atoms with Crippen LogP contribution < -0.4 is 11.5 Å². The topological polar surface area (TPSA) is 77.8 Å². The van der Waals surface area contributed by atoms with Crippen molar-refractivity contribution in [3.63, 3.8) is 0 Å². The summed E-state index contributed by atoms with van der Waals surface area (Å²) in [6, 6.07) is 4.46. The van der Waals surface area contributed by atoms with Crippen molar-refractivity contribution in [2.75, 3.05) is 11.5 Å². The molecule has 0 amide bonds. The molecule has 0 saturated heterocycles. The molecular weight excluding hydrogens is 207 g/mol. The quantitative estimate of drug-likeness (QED) is 0.764. The lowest BCUT2D eigenvalue weighted by Crippen LogP contribution is -2.01. The molecule has 4 N–H and O–H groups in total. The van der Waals surface area contributed by atoms with Gasteiger partial charge in [-0.2, -0.15) is 4.98 Å². The third-order valence-electron chi connectivity index (χ3n) is 2.32. The van der Waals surface area contributed by atoms with Crippen LogP contribution in [0, 0.1) is 12.7 Å². The maximum atomic E-state index is 12.9. The van der Waals surface area contributed by atoms with Gasteiger partial charge in [-0.3, -0.25) is 0 Å². The van der Waals surface area contributed by atoms with Gasteiger partial charge >= 0.3 is 0 Å². The van der Waals surface area contributed by atoms with Gasteiger partial charge in [0.15, 0.2) is 0 Å². The molecular formula is C11H11FN4. The summed E-state index contributed by atoms with van der Waals surface area (Å²) in [5.74, 6) is 0.138. The highest BCUT2D eigenvalue weighted by molar-refractivity contribution is 5.75. The third-order valence-corrected chi connectivity index (χ3v) is 2.32. The predicted octanol–water partition coefficient (Wildman–Crippen LogP) is 1.76. The Kier molecular flexibility index (Phi) is 2.44. The molecule has 0 bridgehead atoms. The van der Waals surface area contributed by atoms with E-state index in [-0.39, 0.29) is 11.8 Å². The van der Waals surface area contributed by atoms with E-state index < -0.39 is 0 Å². The highest BCUT2D eigenvalue weighted by Crippen LogP contribution is 2.27. The van der Waals surface area contributed by atoms with E-state index in [1.54, 1.807) is 13.0 Å². The average molecular weight is 218 g/mol. The van der Waals surface area contributed by atoms with Gasteiger partial charge in [-0.05, 0) is 30.2 Å². The van der Waals surface area contributed by atoms with E-state index in [0.29, 0.717) is 11.4 Å². The summed E-state index contributed by atoms with van der Waals surface area (Å²) in [4.78, 5) is 7.74. The molecule has 0 atom stereocenters. The van der Waals surface area contributed by atoms with Crippen LogP contribution in [0.25, 0.3) is 11.1 Å².